The van der Waals surface area contributed by atoms with E-state index >= 15 is 0 Å². The maximum Gasteiger partial charge on any atom is 0.306 e. The first-order valence-corrected chi connectivity index (χ1v) is 24.4. The van der Waals surface area contributed by atoms with Crippen molar-refractivity contribution < 1.29 is 28.6 Å². The third-order valence-electron chi connectivity index (χ3n) is 11.0. The molecule has 6 nitrogen and oxygen atoms in total. The van der Waals surface area contributed by atoms with Crippen LogP contribution in [-0.4, -0.2) is 37.2 Å². The van der Waals surface area contributed by atoms with Gasteiger partial charge in [-0.2, -0.15) is 0 Å². The highest BCUT2D eigenvalue weighted by atomic mass is 16.6. The number of ether oxygens (including phenoxy) is 3. The lowest BCUT2D eigenvalue weighted by Crippen LogP contribution is -2.30. The molecule has 326 valence electrons. The zero-order chi connectivity index (χ0) is 40.3. The quantitative estimate of drug-likeness (QED) is 0.0348. The summed E-state index contributed by atoms with van der Waals surface area (Å²) in [7, 11) is 0. The SMILES string of the molecule is CCCCCCCCCCCCC(=O)OC[C@H](COC(=O)CCCCCCCCCCCCCCCCCC(C)C)OC(=O)CCCCCCCCCCC. The van der Waals surface area contributed by atoms with Crippen LogP contribution in [0.2, 0.25) is 0 Å². The molecule has 0 saturated heterocycles. The summed E-state index contributed by atoms with van der Waals surface area (Å²) in [6, 6.07) is 0. The second-order valence-electron chi connectivity index (χ2n) is 17.2. The summed E-state index contributed by atoms with van der Waals surface area (Å²) in [6.45, 7) is 9.00. The van der Waals surface area contributed by atoms with Crippen LogP contribution in [0.25, 0.3) is 0 Å². The molecule has 0 radical (unpaired) electrons. The zero-order valence-corrected chi connectivity index (χ0v) is 37.4. The molecule has 0 fully saturated rings. The number of carbonyl (C=O) groups is 3. The minimum absolute atomic E-state index is 0.0633. The minimum Gasteiger partial charge on any atom is -0.462 e. The fourth-order valence-electron chi connectivity index (χ4n) is 7.33. The maximum atomic E-state index is 12.7. The molecular formula is C49H94O6. The molecule has 0 aromatic heterocycles. The molecule has 1 atom stereocenters. The summed E-state index contributed by atoms with van der Waals surface area (Å²) in [4.78, 5) is 37.7. The lowest BCUT2D eigenvalue weighted by Gasteiger charge is -2.18. The number of hydrogen-bond donors (Lipinski definition) is 0. The van der Waals surface area contributed by atoms with Crippen LogP contribution in [-0.2, 0) is 28.6 Å². The minimum atomic E-state index is -0.758. The van der Waals surface area contributed by atoms with Crippen molar-refractivity contribution in [2.45, 2.75) is 278 Å². The summed E-state index contributed by atoms with van der Waals surface area (Å²) in [5.74, 6) is -0.00385. The standard InChI is InChI=1S/C49H94O6/c1-5-7-9-11-13-15-25-28-32-36-40-47(50)53-43-46(55-49(52)42-38-34-30-23-14-12-10-8-6-2)44-54-48(51)41-37-33-29-26-22-20-18-16-17-19-21-24-27-31-35-39-45(3)4/h45-46H,5-44H2,1-4H3/t46-/m1/s1. The average molecular weight is 779 g/mol. The summed E-state index contributed by atoms with van der Waals surface area (Å²) in [5, 5.41) is 0. The van der Waals surface area contributed by atoms with Crippen LogP contribution in [0.4, 0.5) is 0 Å². The van der Waals surface area contributed by atoms with Gasteiger partial charge in [0.05, 0.1) is 0 Å². The van der Waals surface area contributed by atoms with Gasteiger partial charge in [0.25, 0.3) is 0 Å². The van der Waals surface area contributed by atoms with Crippen LogP contribution in [0.3, 0.4) is 0 Å². The van der Waals surface area contributed by atoms with Gasteiger partial charge >= 0.3 is 17.9 Å². The van der Waals surface area contributed by atoms with Gasteiger partial charge in [-0.25, -0.2) is 0 Å². The van der Waals surface area contributed by atoms with Gasteiger partial charge in [0.1, 0.15) is 13.2 Å². The molecule has 0 unspecified atom stereocenters. The Balaban J connectivity index is 4.20. The van der Waals surface area contributed by atoms with Crippen molar-refractivity contribution in [3.63, 3.8) is 0 Å². The van der Waals surface area contributed by atoms with Crippen LogP contribution in [0.1, 0.15) is 272 Å². The van der Waals surface area contributed by atoms with E-state index in [1.807, 2.05) is 0 Å². The van der Waals surface area contributed by atoms with Gasteiger partial charge in [-0.1, -0.05) is 233 Å². The molecule has 0 aliphatic heterocycles. The van der Waals surface area contributed by atoms with Gasteiger partial charge < -0.3 is 14.2 Å². The van der Waals surface area contributed by atoms with Crippen LogP contribution in [0.5, 0.6) is 0 Å². The van der Waals surface area contributed by atoms with Crippen LogP contribution < -0.4 is 0 Å². The maximum absolute atomic E-state index is 12.7. The molecule has 0 bridgehead atoms. The van der Waals surface area contributed by atoms with Crippen molar-refractivity contribution in [3.8, 4) is 0 Å². The summed E-state index contributed by atoms with van der Waals surface area (Å²) < 4.78 is 16.7. The van der Waals surface area contributed by atoms with Crippen molar-refractivity contribution >= 4 is 17.9 Å². The Labute approximate surface area is 342 Å². The molecule has 0 N–H and O–H groups in total. The van der Waals surface area contributed by atoms with Crippen molar-refractivity contribution in [3.05, 3.63) is 0 Å². The molecule has 6 heteroatoms. The number of hydrogen-bond acceptors (Lipinski definition) is 6. The Kier molecular flexibility index (Phi) is 42.3. The predicted molar refractivity (Wildman–Crippen MR) is 233 cm³/mol. The number of carbonyl (C=O) groups excluding carboxylic acids is 3. The second kappa shape index (κ2) is 43.5. The third kappa shape index (κ3) is 43.4. The van der Waals surface area contributed by atoms with Crippen molar-refractivity contribution in [1.29, 1.82) is 0 Å². The molecule has 0 saturated carbocycles. The van der Waals surface area contributed by atoms with Crippen LogP contribution in [0, 0.1) is 5.92 Å². The van der Waals surface area contributed by atoms with E-state index in [9.17, 15) is 14.4 Å². The molecule has 0 rings (SSSR count). The highest BCUT2D eigenvalue weighted by molar-refractivity contribution is 5.71. The topological polar surface area (TPSA) is 78.9 Å². The van der Waals surface area contributed by atoms with E-state index in [0.29, 0.717) is 19.3 Å². The Morgan fingerprint density at radius 1 is 0.345 bits per heavy atom. The van der Waals surface area contributed by atoms with Crippen LogP contribution in [0.15, 0.2) is 0 Å². The van der Waals surface area contributed by atoms with E-state index in [2.05, 4.69) is 27.7 Å². The number of unbranched alkanes of at least 4 members (excludes halogenated alkanes) is 31. The van der Waals surface area contributed by atoms with Crippen molar-refractivity contribution in [1.82, 2.24) is 0 Å². The Hall–Kier alpha value is -1.59. The van der Waals surface area contributed by atoms with Crippen molar-refractivity contribution in [2.75, 3.05) is 13.2 Å². The molecule has 0 heterocycles. The Morgan fingerprint density at radius 2 is 0.600 bits per heavy atom. The summed E-state index contributed by atoms with van der Waals surface area (Å²) in [5.41, 5.74) is 0. The van der Waals surface area contributed by atoms with Gasteiger partial charge in [0.15, 0.2) is 6.10 Å². The largest absolute Gasteiger partial charge is 0.462 e. The van der Waals surface area contributed by atoms with E-state index in [4.69, 9.17) is 14.2 Å². The second-order valence-corrected chi connectivity index (χ2v) is 17.2. The first kappa shape index (κ1) is 53.4. The van der Waals surface area contributed by atoms with E-state index in [0.717, 1.165) is 63.7 Å². The van der Waals surface area contributed by atoms with E-state index in [1.165, 1.54) is 167 Å². The molecule has 0 aromatic rings. The van der Waals surface area contributed by atoms with Gasteiger partial charge in [0, 0.05) is 19.3 Å². The molecule has 0 aromatic carbocycles. The third-order valence-corrected chi connectivity index (χ3v) is 11.0. The highest BCUT2D eigenvalue weighted by Crippen LogP contribution is 2.17. The first-order chi connectivity index (χ1) is 26.9. The fourth-order valence-corrected chi connectivity index (χ4v) is 7.33. The molecular weight excluding hydrogens is 685 g/mol. The smallest absolute Gasteiger partial charge is 0.306 e. The van der Waals surface area contributed by atoms with E-state index in [-0.39, 0.29) is 31.1 Å². The molecule has 0 aliphatic carbocycles. The molecule has 0 aliphatic rings. The molecule has 0 spiro atoms. The van der Waals surface area contributed by atoms with E-state index < -0.39 is 6.10 Å². The lowest BCUT2D eigenvalue weighted by atomic mass is 10.0. The normalized spacial score (nSPS) is 11.9. The Bertz CT molecular complexity index is 826. The van der Waals surface area contributed by atoms with Gasteiger partial charge in [0.2, 0.25) is 0 Å². The highest BCUT2D eigenvalue weighted by Gasteiger charge is 2.19. The molecule has 55 heavy (non-hydrogen) atoms. The van der Waals surface area contributed by atoms with Crippen molar-refractivity contribution in [2.24, 2.45) is 5.92 Å². The van der Waals surface area contributed by atoms with Crippen LogP contribution >= 0.6 is 0 Å². The Morgan fingerprint density at radius 3 is 0.891 bits per heavy atom. The summed E-state index contributed by atoms with van der Waals surface area (Å²) in [6.07, 6.45) is 43.8. The molecule has 0 amide bonds. The van der Waals surface area contributed by atoms with Gasteiger partial charge in [-0.05, 0) is 25.2 Å². The zero-order valence-electron chi connectivity index (χ0n) is 37.4. The predicted octanol–water partition coefficient (Wildman–Crippen LogP) is 15.5. The van der Waals surface area contributed by atoms with Gasteiger partial charge in [-0.15, -0.1) is 0 Å². The fraction of sp³-hybridized carbons (Fsp3) is 0.939. The van der Waals surface area contributed by atoms with Gasteiger partial charge in [-0.3, -0.25) is 14.4 Å². The first-order valence-electron chi connectivity index (χ1n) is 24.4. The summed E-state index contributed by atoms with van der Waals surface area (Å²) >= 11 is 0. The monoisotopic (exact) mass is 779 g/mol. The number of esters is 3. The lowest BCUT2D eigenvalue weighted by molar-refractivity contribution is -0.167. The van der Waals surface area contributed by atoms with E-state index in [1.54, 1.807) is 0 Å². The average Bonchev–Trinajstić information content (AvgIpc) is 3.17. The number of rotatable bonds is 44.